The van der Waals surface area contributed by atoms with Crippen LogP contribution in [-0.2, 0) is 22.4 Å². The Bertz CT molecular complexity index is 190. The van der Waals surface area contributed by atoms with E-state index in [0.29, 0.717) is 26.4 Å². The van der Waals surface area contributed by atoms with Crippen molar-refractivity contribution in [2.75, 3.05) is 26.4 Å². The molecule has 0 N–H and O–H groups in total. The van der Waals surface area contributed by atoms with Gasteiger partial charge in [-0.25, -0.2) is 4.31 Å². The summed E-state index contributed by atoms with van der Waals surface area (Å²) < 4.78 is 28.3. The molecule has 0 aromatic heterocycles. The lowest BCUT2D eigenvalue weighted by molar-refractivity contribution is 0.171. The van der Waals surface area contributed by atoms with Crippen LogP contribution < -0.4 is 0 Å². The van der Waals surface area contributed by atoms with Crippen LogP contribution in [0.2, 0.25) is 0 Å². The molecule has 0 aliphatic carbocycles. The van der Waals surface area contributed by atoms with Crippen LogP contribution in [0.25, 0.3) is 0 Å². The average Bonchev–Trinajstić information content (AvgIpc) is 2.62. The van der Waals surface area contributed by atoms with Crippen LogP contribution in [0.15, 0.2) is 0 Å². The average molecular weight is 310 g/mol. The quantitative estimate of drug-likeness (QED) is 0.693. The maximum absolute atomic E-state index is 5.76. The van der Waals surface area contributed by atoms with E-state index in [1.54, 1.807) is 0 Å². The van der Waals surface area contributed by atoms with Crippen molar-refractivity contribution < 1.29 is 22.4 Å². The summed E-state index contributed by atoms with van der Waals surface area (Å²) in [5.41, 5.74) is 0. The van der Waals surface area contributed by atoms with Gasteiger partial charge in [0.1, 0.15) is 0 Å². The lowest BCUT2D eigenvalue weighted by atomic mass is 10.2. The zero-order chi connectivity index (χ0) is 13.2. The van der Waals surface area contributed by atoms with Gasteiger partial charge in [0.15, 0.2) is 0 Å². The van der Waals surface area contributed by atoms with E-state index in [0.717, 1.165) is 25.7 Å². The summed E-state index contributed by atoms with van der Waals surface area (Å²) in [6, 6.07) is 0. The molecule has 2 rings (SSSR count). The lowest BCUT2D eigenvalue weighted by Crippen LogP contribution is -1.99. The Kier molecular flexibility index (Phi) is 8.78. The van der Waals surface area contributed by atoms with Gasteiger partial charge in [-0.1, -0.05) is 25.7 Å². The van der Waals surface area contributed by atoms with Crippen LogP contribution in [0.4, 0.5) is 0 Å². The van der Waals surface area contributed by atoms with E-state index in [1.165, 1.54) is 25.7 Å². The predicted octanol–water partition coefficient (Wildman–Crippen LogP) is 4.67. The predicted molar refractivity (Wildman–Crippen MR) is 75.7 cm³/mol. The normalized spacial score (nSPS) is 26.5. The minimum atomic E-state index is -1.31. The Morgan fingerprint density at radius 1 is 0.474 bits per heavy atom. The SMILES string of the molecule is C1CCCOP(OP2OCCCCCCO2)OCC1. The zero-order valence-electron chi connectivity index (χ0n) is 11.4. The third-order valence-electron chi connectivity index (χ3n) is 3.00. The summed E-state index contributed by atoms with van der Waals surface area (Å²) in [5.74, 6) is 0. The first-order valence-electron chi connectivity index (χ1n) is 7.25. The molecule has 5 nitrogen and oxygen atoms in total. The molecule has 2 aliphatic heterocycles. The van der Waals surface area contributed by atoms with Gasteiger partial charge in [-0.2, -0.15) is 0 Å². The molecule has 2 fully saturated rings. The first-order chi connectivity index (χ1) is 9.45. The van der Waals surface area contributed by atoms with Crippen LogP contribution in [0.3, 0.4) is 0 Å². The van der Waals surface area contributed by atoms with Crippen molar-refractivity contribution in [1.82, 2.24) is 0 Å². The van der Waals surface area contributed by atoms with Gasteiger partial charge in [0.05, 0.1) is 26.4 Å². The molecule has 0 atom stereocenters. The van der Waals surface area contributed by atoms with E-state index >= 15 is 0 Å². The largest absolute Gasteiger partial charge is 0.339 e. The third-order valence-corrected chi connectivity index (χ3v) is 5.64. The summed E-state index contributed by atoms with van der Waals surface area (Å²) in [7, 11) is -2.61. The fourth-order valence-corrected chi connectivity index (χ4v) is 4.35. The monoisotopic (exact) mass is 310 g/mol. The van der Waals surface area contributed by atoms with Crippen molar-refractivity contribution in [2.24, 2.45) is 0 Å². The summed E-state index contributed by atoms with van der Waals surface area (Å²) in [6.45, 7) is 2.81. The standard InChI is InChI=1S/C12H24O5P2/c1-2-6-10-14-18(13-9-5-1)17-19-15-11-7-3-4-8-12-16-19/h1-12H2. The van der Waals surface area contributed by atoms with Gasteiger partial charge in [0.25, 0.3) is 0 Å². The molecule has 0 amide bonds. The van der Waals surface area contributed by atoms with Crippen molar-refractivity contribution >= 4 is 17.2 Å². The van der Waals surface area contributed by atoms with Crippen molar-refractivity contribution in [1.29, 1.82) is 0 Å². The van der Waals surface area contributed by atoms with E-state index in [-0.39, 0.29) is 0 Å². The molecule has 112 valence electrons. The molecule has 0 saturated carbocycles. The Hall–Kier alpha value is 0.660. The van der Waals surface area contributed by atoms with Crippen molar-refractivity contribution in [3.8, 4) is 0 Å². The van der Waals surface area contributed by atoms with Gasteiger partial charge in [-0.15, -0.1) is 0 Å². The Morgan fingerprint density at radius 3 is 1.11 bits per heavy atom. The second-order valence-corrected chi connectivity index (χ2v) is 7.27. The molecule has 0 unspecified atom stereocenters. The molecule has 0 radical (unpaired) electrons. The smallest absolute Gasteiger partial charge is 0.312 e. The first kappa shape index (κ1) is 16.0. The maximum Gasteiger partial charge on any atom is 0.339 e. The molecular weight excluding hydrogens is 286 g/mol. The molecule has 2 heterocycles. The number of hydrogen-bond acceptors (Lipinski definition) is 5. The summed E-state index contributed by atoms with van der Waals surface area (Å²) in [5, 5.41) is 0. The Morgan fingerprint density at radius 2 is 0.789 bits per heavy atom. The maximum atomic E-state index is 5.76. The zero-order valence-corrected chi connectivity index (χ0v) is 13.2. The summed E-state index contributed by atoms with van der Waals surface area (Å²) >= 11 is 0. The van der Waals surface area contributed by atoms with Crippen LogP contribution in [-0.4, -0.2) is 26.4 Å². The number of rotatable bonds is 2. The molecule has 0 spiro atoms. The van der Waals surface area contributed by atoms with Gasteiger partial charge in [0, 0.05) is 0 Å². The summed E-state index contributed by atoms with van der Waals surface area (Å²) in [4.78, 5) is 0. The van der Waals surface area contributed by atoms with E-state index in [9.17, 15) is 0 Å². The van der Waals surface area contributed by atoms with Crippen molar-refractivity contribution in [3.63, 3.8) is 0 Å². The van der Waals surface area contributed by atoms with Gasteiger partial charge < -0.3 is 18.1 Å². The highest BCUT2D eigenvalue weighted by atomic mass is 31.2. The minimum absolute atomic E-state index is 0.703. The van der Waals surface area contributed by atoms with Crippen LogP contribution in [0.1, 0.15) is 51.4 Å². The van der Waals surface area contributed by atoms with Crippen LogP contribution in [0, 0.1) is 0 Å². The molecule has 2 saturated heterocycles. The fraction of sp³-hybridized carbons (Fsp3) is 1.00. The van der Waals surface area contributed by atoms with Crippen LogP contribution in [0.5, 0.6) is 0 Å². The highest BCUT2D eigenvalue weighted by Crippen LogP contribution is 2.56. The van der Waals surface area contributed by atoms with Crippen LogP contribution >= 0.6 is 17.2 Å². The van der Waals surface area contributed by atoms with Gasteiger partial charge >= 0.3 is 17.2 Å². The second-order valence-electron chi connectivity index (χ2n) is 4.69. The molecule has 0 aromatic carbocycles. The lowest BCUT2D eigenvalue weighted by Gasteiger charge is -2.20. The Labute approximate surface area is 118 Å². The van der Waals surface area contributed by atoms with Gasteiger partial charge in [-0.3, -0.25) is 0 Å². The molecule has 0 bridgehead atoms. The highest BCUT2D eigenvalue weighted by molar-refractivity contribution is 7.55. The van der Waals surface area contributed by atoms with E-state index in [4.69, 9.17) is 22.4 Å². The number of hydrogen-bond donors (Lipinski definition) is 0. The van der Waals surface area contributed by atoms with E-state index in [2.05, 4.69) is 0 Å². The molecule has 7 heteroatoms. The molecule has 0 aromatic rings. The van der Waals surface area contributed by atoms with Crippen molar-refractivity contribution in [3.05, 3.63) is 0 Å². The molecule has 19 heavy (non-hydrogen) atoms. The van der Waals surface area contributed by atoms with E-state index < -0.39 is 17.2 Å². The molecule has 2 aliphatic rings. The molecular formula is C12H24O5P2. The third kappa shape index (κ3) is 7.29. The minimum Gasteiger partial charge on any atom is -0.312 e. The second kappa shape index (κ2) is 10.4. The van der Waals surface area contributed by atoms with E-state index in [1.807, 2.05) is 0 Å². The first-order valence-corrected chi connectivity index (χ1v) is 9.44. The topological polar surface area (TPSA) is 46.2 Å². The van der Waals surface area contributed by atoms with Gasteiger partial charge in [0.2, 0.25) is 0 Å². The fourth-order valence-electron chi connectivity index (χ4n) is 1.89. The summed E-state index contributed by atoms with van der Waals surface area (Å²) in [6.07, 6.45) is 9.11. The van der Waals surface area contributed by atoms with Gasteiger partial charge in [-0.05, 0) is 25.7 Å². The highest BCUT2D eigenvalue weighted by Gasteiger charge is 2.24. The Balaban J connectivity index is 1.74. The van der Waals surface area contributed by atoms with Crippen molar-refractivity contribution in [2.45, 2.75) is 51.4 Å².